The standard InChI is InChI=1S/C18H19N3O2/c1-3-11-19-18(23)21-16-9-7-15(8-10-16)20-17(22)14-6-4-5-13(2)12-14/h3-10,12H,1,11H2,2H3,(H,20,22)(H2,19,21,23). The molecule has 5 nitrogen and oxygen atoms in total. The first-order valence-electron chi connectivity index (χ1n) is 7.22. The lowest BCUT2D eigenvalue weighted by molar-refractivity contribution is 0.102. The van der Waals surface area contributed by atoms with Gasteiger partial charge >= 0.3 is 6.03 Å². The third-order valence-corrected chi connectivity index (χ3v) is 3.09. The first-order chi connectivity index (χ1) is 11.1. The van der Waals surface area contributed by atoms with Crippen molar-refractivity contribution in [3.05, 3.63) is 72.3 Å². The van der Waals surface area contributed by atoms with Crippen molar-refractivity contribution >= 4 is 23.3 Å². The Balaban J connectivity index is 1.95. The summed E-state index contributed by atoms with van der Waals surface area (Å²) in [4.78, 5) is 23.7. The van der Waals surface area contributed by atoms with E-state index in [-0.39, 0.29) is 11.9 Å². The summed E-state index contributed by atoms with van der Waals surface area (Å²) < 4.78 is 0. The first-order valence-corrected chi connectivity index (χ1v) is 7.22. The predicted molar refractivity (Wildman–Crippen MR) is 92.8 cm³/mol. The number of hydrogen-bond donors (Lipinski definition) is 3. The van der Waals surface area contributed by atoms with Crippen LogP contribution in [0.4, 0.5) is 16.2 Å². The van der Waals surface area contributed by atoms with Gasteiger partial charge in [-0.3, -0.25) is 4.79 Å². The van der Waals surface area contributed by atoms with Gasteiger partial charge in [0.25, 0.3) is 5.91 Å². The van der Waals surface area contributed by atoms with E-state index in [1.54, 1.807) is 36.4 Å². The number of rotatable bonds is 5. The zero-order chi connectivity index (χ0) is 16.7. The zero-order valence-electron chi connectivity index (χ0n) is 12.9. The molecule has 0 unspecified atom stereocenters. The number of urea groups is 1. The number of amides is 3. The Morgan fingerprint density at radius 1 is 1.04 bits per heavy atom. The van der Waals surface area contributed by atoms with E-state index >= 15 is 0 Å². The van der Waals surface area contributed by atoms with Gasteiger partial charge in [0, 0.05) is 23.5 Å². The molecular weight excluding hydrogens is 290 g/mol. The van der Waals surface area contributed by atoms with Gasteiger partial charge < -0.3 is 16.0 Å². The molecule has 2 rings (SSSR count). The quantitative estimate of drug-likeness (QED) is 0.739. The van der Waals surface area contributed by atoms with Gasteiger partial charge in [0.15, 0.2) is 0 Å². The van der Waals surface area contributed by atoms with Gasteiger partial charge in [0.1, 0.15) is 0 Å². The number of benzene rings is 2. The molecular formula is C18H19N3O2. The maximum absolute atomic E-state index is 12.1. The minimum atomic E-state index is -0.304. The Morgan fingerprint density at radius 3 is 2.30 bits per heavy atom. The van der Waals surface area contributed by atoms with Gasteiger partial charge in [-0.25, -0.2) is 4.79 Å². The molecule has 2 aromatic rings. The SMILES string of the molecule is C=CCNC(=O)Nc1ccc(NC(=O)c2cccc(C)c2)cc1. The molecule has 0 aromatic heterocycles. The van der Waals surface area contributed by atoms with Crippen molar-refractivity contribution in [3.8, 4) is 0 Å². The lowest BCUT2D eigenvalue weighted by atomic mass is 10.1. The topological polar surface area (TPSA) is 70.2 Å². The highest BCUT2D eigenvalue weighted by molar-refractivity contribution is 6.04. The lowest BCUT2D eigenvalue weighted by Crippen LogP contribution is -2.28. The maximum atomic E-state index is 12.1. The Morgan fingerprint density at radius 2 is 1.70 bits per heavy atom. The van der Waals surface area contributed by atoms with Crippen molar-refractivity contribution in [3.63, 3.8) is 0 Å². The van der Waals surface area contributed by atoms with E-state index in [0.29, 0.717) is 23.5 Å². The molecule has 0 radical (unpaired) electrons. The number of anilines is 2. The number of carbonyl (C=O) groups excluding carboxylic acids is 2. The van der Waals surface area contributed by atoms with Crippen LogP contribution in [0, 0.1) is 6.92 Å². The Kier molecular flexibility index (Phi) is 5.52. The summed E-state index contributed by atoms with van der Waals surface area (Å²) in [5, 5.41) is 8.12. The van der Waals surface area contributed by atoms with Crippen LogP contribution >= 0.6 is 0 Å². The third-order valence-electron chi connectivity index (χ3n) is 3.09. The summed E-state index contributed by atoms with van der Waals surface area (Å²) in [6.45, 7) is 5.86. The molecule has 3 N–H and O–H groups in total. The van der Waals surface area contributed by atoms with E-state index in [4.69, 9.17) is 0 Å². The molecule has 0 spiro atoms. The minimum absolute atomic E-state index is 0.168. The molecule has 0 aliphatic heterocycles. The van der Waals surface area contributed by atoms with Crippen LogP contribution in [0.5, 0.6) is 0 Å². The molecule has 0 aliphatic carbocycles. The van der Waals surface area contributed by atoms with Crippen molar-refractivity contribution in [2.24, 2.45) is 0 Å². The van der Waals surface area contributed by atoms with Crippen molar-refractivity contribution in [1.82, 2.24) is 5.32 Å². The van der Waals surface area contributed by atoms with E-state index in [2.05, 4.69) is 22.5 Å². The van der Waals surface area contributed by atoms with Crippen LogP contribution in [0.2, 0.25) is 0 Å². The summed E-state index contributed by atoms with van der Waals surface area (Å²) in [6.07, 6.45) is 1.60. The van der Waals surface area contributed by atoms with Gasteiger partial charge in [-0.05, 0) is 43.3 Å². The predicted octanol–water partition coefficient (Wildman–Crippen LogP) is 3.55. The molecule has 118 valence electrons. The second-order valence-corrected chi connectivity index (χ2v) is 5.02. The van der Waals surface area contributed by atoms with Crippen molar-refractivity contribution in [2.75, 3.05) is 17.2 Å². The maximum Gasteiger partial charge on any atom is 0.319 e. The smallest absolute Gasteiger partial charge is 0.319 e. The fraction of sp³-hybridized carbons (Fsp3) is 0.111. The normalized spacial score (nSPS) is 9.78. The highest BCUT2D eigenvalue weighted by Gasteiger charge is 2.06. The van der Waals surface area contributed by atoms with Crippen LogP contribution in [0.15, 0.2) is 61.2 Å². The van der Waals surface area contributed by atoms with Crippen LogP contribution in [0.1, 0.15) is 15.9 Å². The average Bonchev–Trinajstić information content (AvgIpc) is 2.54. The second kappa shape index (κ2) is 7.79. The molecule has 0 fully saturated rings. The van der Waals surface area contributed by atoms with Gasteiger partial charge in [0.2, 0.25) is 0 Å². The average molecular weight is 309 g/mol. The fourth-order valence-corrected chi connectivity index (χ4v) is 1.97. The molecule has 3 amide bonds. The summed E-state index contributed by atoms with van der Waals surface area (Å²) >= 11 is 0. The molecule has 23 heavy (non-hydrogen) atoms. The van der Waals surface area contributed by atoms with E-state index in [0.717, 1.165) is 5.56 Å². The van der Waals surface area contributed by atoms with Crippen LogP contribution in [0.25, 0.3) is 0 Å². The van der Waals surface area contributed by atoms with E-state index in [9.17, 15) is 9.59 Å². The van der Waals surface area contributed by atoms with Crippen LogP contribution in [-0.2, 0) is 0 Å². The van der Waals surface area contributed by atoms with Crippen LogP contribution in [0.3, 0.4) is 0 Å². The highest BCUT2D eigenvalue weighted by Crippen LogP contribution is 2.15. The van der Waals surface area contributed by atoms with Gasteiger partial charge in [-0.2, -0.15) is 0 Å². The van der Waals surface area contributed by atoms with E-state index < -0.39 is 0 Å². The second-order valence-electron chi connectivity index (χ2n) is 5.02. The number of nitrogens with one attached hydrogen (secondary N) is 3. The third kappa shape index (κ3) is 5.00. The van der Waals surface area contributed by atoms with Crippen LogP contribution < -0.4 is 16.0 Å². The van der Waals surface area contributed by atoms with Gasteiger partial charge in [0.05, 0.1) is 0 Å². The lowest BCUT2D eigenvalue weighted by Gasteiger charge is -2.08. The molecule has 0 aliphatic rings. The number of hydrogen-bond acceptors (Lipinski definition) is 2. The zero-order valence-corrected chi connectivity index (χ0v) is 12.9. The summed E-state index contributed by atoms with van der Waals surface area (Å²) in [6, 6.07) is 14.0. The Labute approximate surface area is 135 Å². The van der Waals surface area contributed by atoms with Gasteiger partial charge in [-0.1, -0.05) is 23.8 Å². The number of aryl methyl sites for hydroxylation is 1. The molecule has 0 bridgehead atoms. The molecule has 0 saturated carbocycles. The summed E-state index contributed by atoms with van der Waals surface area (Å²) in [5.41, 5.74) is 2.94. The molecule has 2 aromatic carbocycles. The molecule has 0 heterocycles. The Hall–Kier alpha value is -3.08. The Bertz CT molecular complexity index is 708. The molecule has 0 atom stereocenters. The van der Waals surface area contributed by atoms with Crippen molar-refractivity contribution in [2.45, 2.75) is 6.92 Å². The fourth-order valence-electron chi connectivity index (χ4n) is 1.97. The monoisotopic (exact) mass is 309 g/mol. The number of carbonyl (C=O) groups is 2. The summed E-state index contributed by atoms with van der Waals surface area (Å²) in [7, 11) is 0. The van der Waals surface area contributed by atoms with Gasteiger partial charge in [-0.15, -0.1) is 6.58 Å². The first kappa shape index (κ1) is 16.3. The van der Waals surface area contributed by atoms with E-state index in [1.165, 1.54) is 0 Å². The molecule has 5 heteroatoms. The van der Waals surface area contributed by atoms with Crippen molar-refractivity contribution < 1.29 is 9.59 Å². The summed E-state index contributed by atoms with van der Waals surface area (Å²) in [5.74, 6) is -0.168. The molecule has 0 saturated heterocycles. The van der Waals surface area contributed by atoms with Crippen molar-refractivity contribution in [1.29, 1.82) is 0 Å². The highest BCUT2D eigenvalue weighted by atomic mass is 16.2. The van der Waals surface area contributed by atoms with Crippen LogP contribution in [-0.4, -0.2) is 18.5 Å². The largest absolute Gasteiger partial charge is 0.334 e. The van der Waals surface area contributed by atoms with E-state index in [1.807, 2.05) is 25.1 Å². The minimum Gasteiger partial charge on any atom is -0.334 e.